The molecule has 0 nitrogen and oxygen atoms in total. The molecule has 0 heteroatoms. The first-order valence-electron chi connectivity index (χ1n) is 5.65. The molecular weight excluding hydrogens is 156 g/mol. The van der Waals surface area contributed by atoms with Crippen LogP contribution in [0.5, 0.6) is 0 Å². The first-order chi connectivity index (χ1) is 6.41. The number of hydrogen-bond donors (Lipinski definition) is 0. The second kappa shape index (κ2) is 11.7. The van der Waals surface area contributed by atoms with E-state index < -0.39 is 0 Å². The molecule has 0 aliphatic carbocycles. The number of rotatable bonds is 9. The molecule has 0 atom stereocenters. The maximum atomic E-state index is 3.84. The molecule has 0 rings (SSSR count). The summed E-state index contributed by atoms with van der Waals surface area (Å²) in [5.41, 5.74) is 0. The highest BCUT2D eigenvalue weighted by Gasteiger charge is 1.88. The Balaban J connectivity index is 2.87. The van der Waals surface area contributed by atoms with Crippen molar-refractivity contribution in [3.05, 3.63) is 26.0 Å². The van der Waals surface area contributed by atoms with Crippen LogP contribution in [0.4, 0.5) is 0 Å². The summed E-state index contributed by atoms with van der Waals surface area (Å²) in [4.78, 5) is 0. The van der Waals surface area contributed by atoms with Crippen LogP contribution >= 0.6 is 0 Å². The average molecular weight is 180 g/mol. The summed E-state index contributed by atoms with van der Waals surface area (Å²) in [6.45, 7) is 7.60. The number of unbranched alkanes of at least 4 members (excludes halogenated alkanes) is 7. The van der Waals surface area contributed by atoms with Gasteiger partial charge in [-0.25, -0.2) is 0 Å². The van der Waals surface area contributed by atoms with Gasteiger partial charge >= 0.3 is 0 Å². The first kappa shape index (κ1) is 12.7. The van der Waals surface area contributed by atoms with E-state index in [1.54, 1.807) is 0 Å². The summed E-state index contributed by atoms with van der Waals surface area (Å²) in [6, 6.07) is 0. The van der Waals surface area contributed by atoms with Crippen molar-refractivity contribution in [3.8, 4) is 0 Å². The standard InChI is InChI=1S/C13H24/c1-3-5-7-9-11-13-12-10-8-6-4-2/h5,7H,1-4,6,8-13H2/b7-5+. The van der Waals surface area contributed by atoms with E-state index in [-0.39, 0.29) is 0 Å². The molecule has 0 fully saturated rings. The summed E-state index contributed by atoms with van der Waals surface area (Å²) >= 11 is 0. The van der Waals surface area contributed by atoms with E-state index >= 15 is 0 Å². The molecule has 0 aromatic heterocycles. The van der Waals surface area contributed by atoms with Gasteiger partial charge in [-0.3, -0.25) is 0 Å². The van der Waals surface area contributed by atoms with Gasteiger partial charge in [0, 0.05) is 0 Å². The van der Waals surface area contributed by atoms with Gasteiger partial charge in [0.05, 0.1) is 0 Å². The van der Waals surface area contributed by atoms with Crippen LogP contribution in [0.3, 0.4) is 0 Å². The molecule has 76 valence electrons. The highest BCUT2D eigenvalue weighted by molar-refractivity contribution is 4.81. The van der Waals surface area contributed by atoms with Crippen molar-refractivity contribution in [2.75, 3.05) is 0 Å². The Bertz CT molecular complexity index is 103. The van der Waals surface area contributed by atoms with Crippen molar-refractivity contribution in [1.29, 1.82) is 0 Å². The topological polar surface area (TPSA) is 0 Å². The van der Waals surface area contributed by atoms with Gasteiger partial charge in [-0.15, -0.1) is 0 Å². The zero-order valence-corrected chi connectivity index (χ0v) is 8.93. The van der Waals surface area contributed by atoms with Gasteiger partial charge in [0.15, 0.2) is 0 Å². The molecule has 0 saturated heterocycles. The fourth-order valence-electron chi connectivity index (χ4n) is 1.38. The molecule has 0 bridgehead atoms. The average Bonchev–Trinajstić information content (AvgIpc) is 2.16. The van der Waals surface area contributed by atoms with E-state index in [2.05, 4.69) is 26.0 Å². The molecule has 0 aromatic carbocycles. The predicted octanol–water partition coefficient (Wildman–Crippen LogP) is 4.72. The van der Waals surface area contributed by atoms with E-state index in [0.29, 0.717) is 0 Å². The SMILES string of the molecule is [CH2]C/C=C/CCCCCCCC[CH2]. The summed E-state index contributed by atoms with van der Waals surface area (Å²) in [6.07, 6.45) is 15.9. The van der Waals surface area contributed by atoms with Crippen LogP contribution < -0.4 is 0 Å². The van der Waals surface area contributed by atoms with Crippen LogP contribution in [0, 0.1) is 13.8 Å². The molecule has 0 aromatic rings. The first-order valence-corrected chi connectivity index (χ1v) is 5.65. The van der Waals surface area contributed by atoms with Crippen LogP contribution in [0.2, 0.25) is 0 Å². The third-order valence-corrected chi connectivity index (χ3v) is 2.20. The van der Waals surface area contributed by atoms with Crippen molar-refractivity contribution < 1.29 is 0 Å². The molecule has 0 amide bonds. The van der Waals surface area contributed by atoms with Crippen molar-refractivity contribution in [2.24, 2.45) is 0 Å². The Morgan fingerprint density at radius 2 is 1.31 bits per heavy atom. The largest absolute Gasteiger partial charge is 0.0885 e. The quantitative estimate of drug-likeness (QED) is 0.356. The van der Waals surface area contributed by atoms with Crippen molar-refractivity contribution >= 4 is 0 Å². The van der Waals surface area contributed by atoms with Crippen molar-refractivity contribution in [2.45, 2.75) is 57.8 Å². The normalized spacial score (nSPS) is 11.2. The van der Waals surface area contributed by atoms with Crippen LogP contribution in [0.15, 0.2) is 12.2 Å². The fraction of sp³-hybridized carbons (Fsp3) is 0.692. The summed E-state index contributed by atoms with van der Waals surface area (Å²) in [5.74, 6) is 0. The lowest BCUT2D eigenvalue weighted by Gasteiger charge is -1.98. The van der Waals surface area contributed by atoms with Gasteiger partial charge in [0.1, 0.15) is 0 Å². The second-order valence-corrected chi connectivity index (χ2v) is 3.52. The smallest absolute Gasteiger partial charge is 0.0351 e. The van der Waals surface area contributed by atoms with Crippen LogP contribution in [0.25, 0.3) is 0 Å². The zero-order valence-electron chi connectivity index (χ0n) is 8.93. The van der Waals surface area contributed by atoms with Crippen molar-refractivity contribution in [1.82, 2.24) is 0 Å². The second-order valence-electron chi connectivity index (χ2n) is 3.52. The van der Waals surface area contributed by atoms with E-state index in [1.807, 2.05) is 0 Å². The van der Waals surface area contributed by atoms with Gasteiger partial charge in [-0.1, -0.05) is 57.6 Å². The Morgan fingerprint density at radius 1 is 0.692 bits per heavy atom. The zero-order chi connectivity index (χ0) is 9.78. The Kier molecular flexibility index (Phi) is 11.5. The summed E-state index contributed by atoms with van der Waals surface area (Å²) in [7, 11) is 0. The van der Waals surface area contributed by atoms with E-state index in [9.17, 15) is 0 Å². The maximum Gasteiger partial charge on any atom is -0.0351 e. The Labute approximate surface area is 84.4 Å². The minimum Gasteiger partial charge on any atom is -0.0885 e. The Hall–Kier alpha value is -0.260. The number of allylic oxidation sites excluding steroid dienone is 2. The van der Waals surface area contributed by atoms with E-state index in [0.717, 1.165) is 12.8 Å². The molecule has 0 spiro atoms. The third-order valence-electron chi connectivity index (χ3n) is 2.20. The molecule has 0 unspecified atom stereocenters. The van der Waals surface area contributed by atoms with Gasteiger partial charge < -0.3 is 0 Å². The minimum absolute atomic E-state index is 0.934. The Morgan fingerprint density at radius 3 is 1.92 bits per heavy atom. The van der Waals surface area contributed by atoms with Gasteiger partial charge in [0.25, 0.3) is 0 Å². The molecule has 0 heterocycles. The highest BCUT2D eigenvalue weighted by Crippen LogP contribution is 2.08. The van der Waals surface area contributed by atoms with Gasteiger partial charge in [-0.05, 0) is 26.2 Å². The van der Waals surface area contributed by atoms with Gasteiger partial charge in [-0.2, -0.15) is 0 Å². The molecule has 0 aliphatic heterocycles. The molecule has 0 saturated carbocycles. The van der Waals surface area contributed by atoms with E-state index in [1.165, 1.54) is 44.9 Å². The van der Waals surface area contributed by atoms with E-state index in [4.69, 9.17) is 0 Å². The summed E-state index contributed by atoms with van der Waals surface area (Å²) < 4.78 is 0. The van der Waals surface area contributed by atoms with Crippen LogP contribution in [0.1, 0.15) is 57.8 Å². The lowest BCUT2D eigenvalue weighted by molar-refractivity contribution is 0.599. The lowest BCUT2D eigenvalue weighted by atomic mass is 10.1. The highest BCUT2D eigenvalue weighted by atomic mass is 13.9. The monoisotopic (exact) mass is 180 g/mol. The van der Waals surface area contributed by atoms with Crippen LogP contribution in [-0.2, 0) is 0 Å². The molecule has 0 N–H and O–H groups in total. The molecular formula is C13H24. The molecule has 0 aliphatic rings. The maximum absolute atomic E-state index is 3.84. The van der Waals surface area contributed by atoms with Crippen LogP contribution in [-0.4, -0.2) is 0 Å². The van der Waals surface area contributed by atoms with Crippen molar-refractivity contribution in [3.63, 3.8) is 0 Å². The molecule has 2 radical (unpaired) electrons. The lowest BCUT2D eigenvalue weighted by Crippen LogP contribution is -1.78. The fourth-order valence-corrected chi connectivity index (χ4v) is 1.38. The summed E-state index contributed by atoms with van der Waals surface area (Å²) in [5, 5.41) is 0. The predicted molar refractivity (Wildman–Crippen MR) is 61.4 cm³/mol. The molecule has 13 heavy (non-hydrogen) atoms. The number of hydrogen-bond acceptors (Lipinski definition) is 0. The van der Waals surface area contributed by atoms with Gasteiger partial charge in [0.2, 0.25) is 0 Å². The third kappa shape index (κ3) is 11.7. The minimum atomic E-state index is 0.934.